The van der Waals surface area contributed by atoms with Gasteiger partial charge in [0.25, 0.3) is 0 Å². The van der Waals surface area contributed by atoms with E-state index < -0.39 is 16.2 Å². The fourth-order valence-corrected chi connectivity index (χ4v) is 2.53. The van der Waals surface area contributed by atoms with E-state index in [2.05, 4.69) is 9.43 Å². The molecule has 0 saturated heterocycles. The largest absolute Gasteiger partial charge is 0.463 e. The molecule has 0 N–H and O–H groups in total. The normalized spacial score (nSPS) is 11.3. The molecule has 120 valence electrons. The molecule has 1 aromatic carbocycles. The predicted molar refractivity (Wildman–Crippen MR) is 80.8 cm³/mol. The molecule has 0 aliphatic heterocycles. The zero-order valence-corrected chi connectivity index (χ0v) is 13.2. The molecule has 9 heteroatoms. The van der Waals surface area contributed by atoms with E-state index in [-0.39, 0.29) is 25.6 Å². The highest BCUT2D eigenvalue weighted by atomic mass is 32.2. The van der Waals surface area contributed by atoms with Crippen LogP contribution in [0.1, 0.15) is 25.8 Å². The number of esters is 1. The monoisotopic (exact) mass is 326 g/mol. The van der Waals surface area contributed by atoms with E-state index >= 15 is 0 Å². The van der Waals surface area contributed by atoms with Gasteiger partial charge in [-0.1, -0.05) is 30.3 Å². The van der Waals surface area contributed by atoms with Crippen molar-refractivity contribution in [3.8, 4) is 0 Å². The first kappa shape index (κ1) is 18.0. The fraction of sp³-hybridized carbons (Fsp3) is 0.462. The molecule has 0 radical (unpaired) electrons. The third-order valence-electron chi connectivity index (χ3n) is 2.60. The average molecular weight is 326 g/mol. The average Bonchev–Trinajstić information content (AvgIpc) is 2.43. The van der Waals surface area contributed by atoms with Crippen LogP contribution in [0.25, 0.3) is 10.4 Å². The maximum absolute atomic E-state index is 11.9. The third-order valence-corrected chi connectivity index (χ3v) is 3.84. The van der Waals surface area contributed by atoms with Gasteiger partial charge in [-0.15, -0.1) is 0 Å². The van der Waals surface area contributed by atoms with Crippen LogP contribution in [-0.4, -0.2) is 31.3 Å². The fourth-order valence-electron chi connectivity index (χ4n) is 1.70. The van der Waals surface area contributed by atoms with Crippen molar-refractivity contribution in [2.45, 2.75) is 32.9 Å². The Morgan fingerprint density at radius 2 is 2.00 bits per heavy atom. The van der Waals surface area contributed by atoms with Crippen molar-refractivity contribution in [1.82, 2.24) is 4.31 Å². The number of benzene rings is 1. The van der Waals surface area contributed by atoms with E-state index in [4.69, 9.17) is 10.3 Å². The van der Waals surface area contributed by atoms with Gasteiger partial charge in [-0.25, -0.2) is 8.42 Å². The highest BCUT2D eigenvalue weighted by molar-refractivity contribution is 7.87. The summed E-state index contributed by atoms with van der Waals surface area (Å²) < 4.78 is 32.6. The summed E-state index contributed by atoms with van der Waals surface area (Å²) >= 11 is 0. The summed E-state index contributed by atoms with van der Waals surface area (Å²) in [6, 6.07) is 8.81. The molecular formula is C13H18N4O4S. The highest BCUT2D eigenvalue weighted by Gasteiger charge is 2.22. The summed E-state index contributed by atoms with van der Waals surface area (Å²) in [6.45, 7) is 3.30. The third kappa shape index (κ3) is 6.13. The van der Waals surface area contributed by atoms with Crippen LogP contribution >= 0.6 is 0 Å². The molecule has 1 rings (SSSR count). The Kier molecular flexibility index (Phi) is 6.84. The number of hydrogen-bond donors (Lipinski definition) is 0. The van der Waals surface area contributed by atoms with Crippen LogP contribution in [0.5, 0.6) is 0 Å². The number of ether oxygens (including phenoxy) is 1. The Hall–Kier alpha value is -2.09. The molecule has 0 fully saturated rings. The molecule has 0 aliphatic rings. The van der Waals surface area contributed by atoms with Crippen molar-refractivity contribution in [1.29, 1.82) is 0 Å². The van der Waals surface area contributed by atoms with E-state index in [9.17, 15) is 13.2 Å². The van der Waals surface area contributed by atoms with Crippen molar-refractivity contribution >= 4 is 16.2 Å². The summed E-state index contributed by atoms with van der Waals surface area (Å²) in [5, 5.41) is 0. The van der Waals surface area contributed by atoms with Crippen LogP contribution in [0.4, 0.5) is 0 Å². The first-order chi connectivity index (χ1) is 10.3. The molecule has 0 heterocycles. The summed E-state index contributed by atoms with van der Waals surface area (Å²) in [5.74, 6) is -0.510. The molecule has 0 unspecified atom stereocenters. The zero-order chi connectivity index (χ0) is 16.6. The van der Waals surface area contributed by atoms with Gasteiger partial charge in [0.2, 0.25) is 0 Å². The predicted octanol–water partition coefficient (Wildman–Crippen LogP) is 2.39. The van der Waals surface area contributed by atoms with E-state index in [0.29, 0.717) is 0 Å². The lowest BCUT2D eigenvalue weighted by Gasteiger charge is -2.19. The maximum atomic E-state index is 11.9. The van der Waals surface area contributed by atoms with Gasteiger partial charge in [0.1, 0.15) is 0 Å². The molecule has 0 atom stereocenters. The van der Waals surface area contributed by atoms with Crippen LogP contribution in [0.2, 0.25) is 0 Å². The molecular weight excluding hydrogens is 308 g/mol. The van der Waals surface area contributed by atoms with Crippen molar-refractivity contribution in [3.63, 3.8) is 0 Å². The zero-order valence-electron chi connectivity index (χ0n) is 12.4. The molecule has 22 heavy (non-hydrogen) atoms. The second-order valence-electron chi connectivity index (χ2n) is 4.76. The smallest absolute Gasteiger partial charge is 0.307 e. The van der Waals surface area contributed by atoms with Gasteiger partial charge in [0, 0.05) is 22.5 Å². The number of carbonyl (C=O) groups is 1. The highest BCUT2D eigenvalue weighted by Crippen LogP contribution is 2.12. The van der Waals surface area contributed by atoms with Gasteiger partial charge in [0.15, 0.2) is 0 Å². The van der Waals surface area contributed by atoms with Crippen LogP contribution in [0.15, 0.2) is 34.9 Å². The quantitative estimate of drug-likeness (QED) is 0.316. The van der Waals surface area contributed by atoms with Crippen LogP contribution in [-0.2, 0) is 26.3 Å². The second kappa shape index (κ2) is 8.38. The van der Waals surface area contributed by atoms with E-state index in [1.165, 1.54) is 0 Å². The van der Waals surface area contributed by atoms with Crippen molar-refractivity contribution in [2.24, 2.45) is 4.52 Å². The van der Waals surface area contributed by atoms with Gasteiger partial charge >= 0.3 is 16.2 Å². The number of azide groups is 1. The summed E-state index contributed by atoms with van der Waals surface area (Å²) in [7, 11) is -4.16. The minimum Gasteiger partial charge on any atom is -0.463 e. The van der Waals surface area contributed by atoms with E-state index in [1.807, 2.05) is 0 Å². The van der Waals surface area contributed by atoms with Crippen LogP contribution in [0, 0.1) is 0 Å². The first-order valence-corrected chi connectivity index (χ1v) is 8.04. The molecule has 0 saturated carbocycles. The van der Waals surface area contributed by atoms with Crippen molar-refractivity contribution in [2.75, 3.05) is 6.54 Å². The number of nitrogens with zero attached hydrogens (tertiary/aromatic N) is 4. The summed E-state index contributed by atoms with van der Waals surface area (Å²) in [4.78, 5) is 13.9. The van der Waals surface area contributed by atoms with Crippen molar-refractivity contribution in [3.05, 3.63) is 46.3 Å². The second-order valence-corrected chi connectivity index (χ2v) is 6.33. The lowest BCUT2D eigenvalue weighted by Crippen LogP contribution is -2.31. The maximum Gasteiger partial charge on any atom is 0.307 e. The lowest BCUT2D eigenvalue weighted by atomic mass is 10.2. The minimum atomic E-state index is -4.16. The number of carbonyl (C=O) groups excluding carboxylic acids is 1. The molecule has 0 bridgehead atoms. The minimum absolute atomic E-state index is 0.0111. The van der Waals surface area contributed by atoms with Crippen LogP contribution in [0.3, 0.4) is 0 Å². The van der Waals surface area contributed by atoms with E-state index in [1.54, 1.807) is 44.2 Å². The molecule has 0 aliphatic carbocycles. The molecule has 1 aromatic rings. The molecule has 0 aromatic heterocycles. The number of hydrogen-bond acceptors (Lipinski definition) is 4. The van der Waals surface area contributed by atoms with Gasteiger partial charge in [-0.2, -0.15) is 4.31 Å². The van der Waals surface area contributed by atoms with Gasteiger partial charge in [0.05, 0.1) is 12.5 Å². The number of rotatable bonds is 8. The van der Waals surface area contributed by atoms with E-state index in [0.717, 1.165) is 9.87 Å². The Morgan fingerprint density at radius 3 is 2.55 bits per heavy atom. The summed E-state index contributed by atoms with van der Waals surface area (Å²) in [6.07, 6.45) is -0.394. The molecule has 0 amide bonds. The Balaban J connectivity index is 2.83. The van der Waals surface area contributed by atoms with Gasteiger partial charge in [-0.05, 0) is 24.9 Å². The standard InChI is InChI=1S/C13H18N4O4S/c1-11(2)21-13(18)8-9-17(22(19,20)16-15-14)10-12-6-4-3-5-7-12/h3-7,11H,8-10H2,1-2H3. The Bertz CT molecular complexity index is 639. The molecule has 8 nitrogen and oxygen atoms in total. The topological polar surface area (TPSA) is 112 Å². The summed E-state index contributed by atoms with van der Waals surface area (Å²) in [5.41, 5.74) is 9.09. The SMILES string of the molecule is CC(C)OC(=O)CCN(Cc1ccccc1)S(=O)(=O)N=[N+]=[N-]. The van der Waals surface area contributed by atoms with Crippen molar-refractivity contribution < 1.29 is 17.9 Å². The molecule has 0 spiro atoms. The Labute approximate surface area is 129 Å². The van der Waals surface area contributed by atoms with Crippen LogP contribution < -0.4 is 0 Å². The first-order valence-electron chi connectivity index (χ1n) is 6.65. The van der Waals surface area contributed by atoms with Gasteiger partial charge < -0.3 is 4.74 Å². The lowest BCUT2D eigenvalue weighted by molar-refractivity contribution is -0.147. The Morgan fingerprint density at radius 1 is 1.36 bits per heavy atom. The van der Waals surface area contributed by atoms with Gasteiger partial charge in [-0.3, -0.25) is 4.79 Å².